The number of carbonyl (C=O) groups is 3. The van der Waals surface area contributed by atoms with Gasteiger partial charge in [0.25, 0.3) is 17.7 Å². The van der Waals surface area contributed by atoms with Crippen LogP contribution in [0.25, 0.3) is 0 Å². The minimum atomic E-state index is -0.374. The largest absolute Gasteiger partial charge is 0.301 e. The highest BCUT2D eigenvalue weighted by atomic mass is 32.1. The van der Waals surface area contributed by atoms with Gasteiger partial charge in [-0.05, 0) is 30.4 Å². The zero-order valence-corrected chi connectivity index (χ0v) is 13.0. The van der Waals surface area contributed by atoms with Gasteiger partial charge in [0.1, 0.15) is 0 Å². The molecule has 0 unspecified atom stereocenters. The van der Waals surface area contributed by atoms with Crippen molar-refractivity contribution in [2.45, 2.75) is 0 Å². The fourth-order valence-electron chi connectivity index (χ4n) is 2.36. The lowest BCUT2D eigenvalue weighted by atomic mass is 10.1. The van der Waals surface area contributed by atoms with Gasteiger partial charge in [-0.3, -0.25) is 24.2 Å². The summed E-state index contributed by atoms with van der Waals surface area (Å²) in [6.45, 7) is 0. The number of hydrogen-bond acceptors (Lipinski definition) is 5. The summed E-state index contributed by atoms with van der Waals surface area (Å²) >= 11 is 5.11. The number of nitrogens with zero attached hydrogens (tertiary/aromatic N) is 4. The summed E-state index contributed by atoms with van der Waals surface area (Å²) in [6, 6.07) is 4.65. The molecule has 3 amide bonds. The van der Waals surface area contributed by atoms with E-state index in [-0.39, 0.29) is 23.6 Å². The van der Waals surface area contributed by atoms with E-state index in [2.05, 4.69) is 4.99 Å². The molecule has 1 aromatic carbocycles. The van der Waals surface area contributed by atoms with Gasteiger partial charge < -0.3 is 4.90 Å². The van der Waals surface area contributed by atoms with Gasteiger partial charge in [0.05, 0.1) is 16.8 Å². The van der Waals surface area contributed by atoms with Crippen molar-refractivity contribution in [2.24, 2.45) is 4.99 Å². The molecule has 0 saturated carbocycles. The van der Waals surface area contributed by atoms with Gasteiger partial charge in [0.15, 0.2) is 5.11 Å². The van der Waals surface area contributed by atoms with Crippen molar-refractivity contribution < 1.29 is 14.4 Å². The Morgan fingerprint density at radius 2 is 1.50 bits per heavy atom. The van der Waals surface area contributed by atoms with E-state index in [1.165, 1.54) is 22.9 Å². The minimum absolute atomic E-state index is 0.178. The molecule has 8 heteroatoms. The summed E-state index contributed by atoms with van der Waals surface area (Å²) in [6.07, 6.45) is 0. The molecule has 0 atom stereocenters. The Morgan fingerprint density at radius 1 is 0.864 bits per heavy atom. The van der Waals surface area contributed by atoms with Gasteiger partial charge in [-0.25, -0.2) is 4.99 Å². The van der Waals surface area contributed by atoms with E-state index in [9.17, 15) is 14.4 Å². The molecule has 2 aliphatic rings. The number of amides is 3. The topological polar surface area (TPSA) is 73.3 Å². The Balaban J connectivity index is 2.04. The molecule has 0 radical (unpaired) electrons. The van der Waals surface area contributed by atoms with Crippen LogP contribution in [0, 0.1) is 0 Å². The number of likely N-dealkylation sites (N-methyl/N-ethyl adjacent to an activating group) is 2. The van der Waals surface area contributed by atoms with Crippen molar-refractivity contribution in [3.05, 3.63) is 29.3 Å². The van der Waals surface area contributed by atoms with Crippen LogP contribution < -0.4 is 0 Å². The second-order valence-electron chi connectivity index (χ2n) is 5.04. The molecule has 1 aromatic rings. The smallest absolute Gasteiger partial charge is 0.295 e. The van der Waals surface area contributed by atoms with Crippen LogP contribution >= 0.6 is 12.2 Å². The van der Waals surface area contributed by atoms with Crippen LogP contribution in [0.2, 0.25) is 0 Å². The number of benzene rings is 1. The van der Waals surface area contributed by atoms with Crippen molar-refractivity contribution in [1.29, 1.82) is 0 Å². The summed E-state index contributed by atoms with van der Waals surface area (Å²) < 4.78 is 0. The Bertz CT molecular complexity index is 786. The molecule has 1 fully saturated rings. The third kappa shape index (κ3) is 1.84. The molecule has 2 aliphatic heterocycles. The van der Waals surface area contributed by atoms with Crippen LogP contribution in [-0.2, 0) is 4.79 Å². The molecule has 3 rings (SSSR count). The van der Waals surface area contributed by atoms with Crippen LogP contribution in [0.4, 0.5) is 5.69 Å². The van der Waals surface area contributed by atoms with Crippen LogP contribution in [0.3, 0.4) is 0 Å². The van der Waals surface area contributed by atoms with Crippen LogP contribution in [0.15, 0.2) is 23.2 Å². The van der Waals surface area contributed by atoms with Crippen molar-refractivity contribution in [2.75, 3.05) is 21.1 Å². The van der Waals surface area contributed by atoms with Crippen LogP contribution in [0.5, 0.6) is 0 Å². The Morgan fingerprint density at radius 3 is 2.09 bits per heavy atom. The lowest BCUT2D eigenvalue weighted by molar-refractivity contribution is -0.119. The van der Waals surface area contributed by atoms with Crippen LogP contribution in [-0.4, -0.2) is 64.5 Å². The molecule has 0 N–H and O–H groups in total. The first kappa shape index (κ1) is 14.3. The zero-order valence-electron chi connectivity index (χ0n) is 12.2. The lowest BCUT2D eigenvalue weighted by Crippen LogP contribution is -2.27. The fraction of sp³-hybridized carbons (Fsp3) is 0.214. The van der Waals surface area contributed by atoms with E-state index >= 15 is 0 Å². The number of aliphatic imine (C=N–C) groups is 1. The molecule has 7 nitrogen and oxygen atoms in total. The number of rotatable bonds is 1. The van der Waals surface area contributed by atoms with Gasteiger partial charge in [-0.2, -0.15) is 0 Å². The van der Waals surface area contributed by atoms with E-state index in [0.717, 1.165) is 4.90 Å². The van der Waals surface area contributed by atoms with Gasteiger partial charge in [0.2, 0.25) is 5.84 Å². The van der Waals surface area contributed by atoms with E-state index in [1.807, 2.05) is 0 Å². The summed E-state index contributed by atoms with van der Waals surface area (Å²) in [7, 11) is 4.65. The van der Waals surface area contributed by atoms with E-state index in [0.29, 0.717) is 21.9 Å². The Labute approximate surface area is 131 Å². The highest BCUT2D eigenvalue weighted by molar-refractivity contribution is 7.80. The third-order valence-electron chi connectivity index (χ3n) is 3.70. The average Bonchev–Trinajstić information content (AvgIpc) is 2.83. The molecular formula is C14H12N4O3S. The van der Waals surface area contributed by atoms with Crippen molar-refractivity contribution in [3.63, 3.8) is 0 Å². The number of carbonyl (C=O) groups excluding carboxylic acids is 3. The quantitative estimate of drug-likeness (QED) is 0.561. The third-order valence-corrected chi connectivity index (χ3v) is 4.24. The van der Waals surface area contributed by atoms with Gasteiger partial charge in [-0.15, -0.1) is 0 Å². The van der Waals surface area contributed by atoms with Crippen LogP contribution in [0.1, 0.15) is 20.7 Å². The molecule has 0 aliphatic carbocycles. The highest BCUT2D eigenvalue weighted by Crippen LogP contribution is 2.27. The summed E-state index contributed by atoms with van der Waals surface area (Å²) in [5.74, 6) is -0.847. The van der Waals surface area contributed by atoms with Crippen molar-refractivity contribution >= 4 is 46.6 Å². The highest BCUT2D eigenvalue weighted by Gasteiger charge is 2.35. The van der Waals surface area contributed by atoms with Crippen molar-refractivity contribution in [1.82, 2.24) is 14.7 Å². The molecule has 112 valence electrons. The van der Waals surface area contributed by atoms with Gasteiger partial charge in [-0.1, -0.05) is 0 Å². The first-order chi connectivity index (χ1) is 10.3. The predicted molar refractivity (Wildman–Crippen MR) is 83.1 cm³/mol. The second kappa shape index (κ2) is 4.70. The summed E-state index contributed by atoms with van der Waals surface area (Å²) in [5, 5.41) is 0.357. The predicted octanol–water partition coefficient (Wildman–Crippen LogP) is 0.631. The molecular weight excluding hydrogens is 304 g/mol. The zero-order chi connectivity index (χ0) is 16.2. The summed E-state index contributed by atoms with van der Waals surface area (Å²) in [4.78, 5) is 44.0. The van der Waals surface area contributed by atoms with Crippen molar-refractivity contribution in [3.8, 4) is 0 Å². The van der Waals surface area contributed by atoms with E-state index in [1.54, 1.807) is 26.2 Å². The minimum Gasteiger partial charge on any atom is -0.301 e. The van der Waals surface area contributed by atoms with Gasteiger partial charge >= 0.3 is 0 Å². The maximum Gasteiger partial charge on any atom is 0.295 e. The van der Waals surface area contributed by atoms with Gasteiger partial charge in [0, 0.05) is 21.1 Å². The monoisotopic (exact) mass is 316 g/mol. The number of hydrogen-bond donors (Lipinski definition) is 0. The SMILES string of the molecule is CN1C(=O)c2ccc(N=C3C(=O)N(C)C(=S)N3C)cc2C1=O. The molecule has 0 bridgehead atoms. The number of thiocarbonyl (C=S) groups is 1. The number of fused-ring (bicyclic) bond motifs is 1. The molecule has 22 heavy (non-hydrogen) atoms. The maximum atomic E-state index is 12.1. The second-order valence-corrected chi connectivity index (χ2v) is 5.41. The summed E-state index contributed by atoms with van der Waals surface area (Å²) in [5.41, 5.74) is 1.05. The Hall–Kier alpha value is -2.61. The van der Waals surface area contributed by atoms with E-state index in [4.69, 9.17) is 12.2 Å². The number of imide groups is 1. The molecule has 1 saturated heterocycles. The normalized spacial score (nSPS) is 19.8. The molecule has 0 aromatic heterocycles. The fourth-order valence-corrected chi connectivity index (χ4v) is 2.53. The standard InChI is InChI=1S/C14H12N4O3S/c1-16-10(13(21)18(3)14(16)22)15-7-4-5-8-9(6-7)12(20)17(2)11(8)19/h4-6H,1-3H3. The molecule has 0 spiro atoms. The first-order valence-electron chi connectivity index (χ1n) is 6.44. The first-order valence-corrected chi connectivity index (χ1v) is 6.84. The maximum absolute atomic E-state index is 12.1. The lowest BCUT2D eigenvalue weighted by Gasteiger charge is -2.10. The van der Waals surface area contributed by atoms with E-state index < -0.39 is 0 Å². The Kier molecular flexibility index (Phi) is 3.06. The molecule has 2 heterocycles. The average molecular weight is 316 g/mol. The number of amidine groups is 1.